The van der Waals surface area contributed by atoms with Crippen LogP contribution in [0.25, 0.3) is 0 Å². The number of benzene rings is 2. The van der Waals surface area contributed by atoms with Crippen molar-refractivity contribution in [3.63, 3.8) is 0 Å². The summed E-state index contributed by atoms with van der Waals surface area (Å²) in [5, 5.41) is 28.0. The molecule has 12 nitrogen and oxygen atoms in total. The van der Waals surface area contributed by atoms with Gasteiger partial charge in [-0.1, -0.05) is 29.4 Å². The summed E-state index contributed by atoms with van der Waals surface area (Å²) < 4.78 is 0. The lowest BCUT2D eigenvalue weighted by Gasteiger charge is -2.29. The van der Waals surface area contributed by atoms with Gasteiger partial charge < -0.3 is 15.4 Å². The van der Waals surface area contributed by atoms with E-state index in [1.807, 2.05) is 0 Å². The summed E-state index contributed by atoms with van der Waals surface area (Å²) in [7, 11) is 0. The Morgan fingerprint density at radius 1 is 1.17 bits per heavy atom. The Morgan fingerprint density at radius 3 is 2.54 bits per heavy atom. The molecule has 0 saturated carbocycles. The molecule has 3 N–H and O–H groups in total. The fraction of sp³-hybridized carbons (Fsp3) is 0.261. The topological polar surface area (TPSA) is 171 Å². The first-order valence-corrected chi connectivity index (χ1v) is 10.8. The zero-order chi connectivity index (χ0) is 25.1. The highest BCUT2D eigenvalue weighted by Gasteiger charge is 2.39. The summed E-state index contributed by atoms with van der Waals surface area (Å²) in [6.07, 6.45) is 0.410. The molecule has 4 amide bonds. The Balaban J connectivity index is 1.37. The monoisotopic (exact) mass is 479 g/mol. The molecule has 1 atom stereocenters. The molecule has 0 aliphatic carbocycles. The molecule has 2 aliphatic heterocycles. The van der Waals surface area contributed by atoms with Crippen LogP contribution in [0.15, 0.2) is 47.6 Å². The molecule has 2 aliphatic rings. The predicted octanol–water partition coefficient (Wildman–Crippen LogP) is 1.04. The Hall–Kier alpha value is -4.61. The number of nitrogens with one attached hydrogen (secondary N) is 2. The van der Waals surface area contributed by atoms with Gasteiger partial charge in [0.1, 0.15) is 11.8 Å². The Labute approximate surface area is 198 Å². The molecule has 2 aromatic rings. The fourth-order valence-electron chi connectivity index (χ4n) is 4.11. The zero-order valence-electron chi connectivity index (χ0n) is 18.4. The predicted molar refractivity (Wildman–Crippen MR) is 120 cm³/mol. The van der Waals surface area contributed by atoms with Gasteiger partial charge in [-0.25, -0.2) is 0 Å². The molecule has 2 aromatic carbocycles. The third-order valence-corrected chi connectivity index (χ3v) is 5.94. The summed E-state index contributed by atoms with van der Waals surface area (Å²) >= 11 is 0. The number of hydrogen-bond acceptors (Lipinski definition) is 8. The van der Waals surface area contributed by atoms with Gasteiger partial charge in [-0.3, -0.25) is 34.6 Å². The van der Waals surface area contributed by atoms with Gasteiger partial charge in [-0.05, 0) is 29.2 Å². The minimum Gasteiger partial charge on any atom is -0.410 e. The van der Waals surface area contributed by atoms with E-state index in [-0.39, 0.29) is 55.6 Å². The first-order chi connectivity index (χ1) is 16.8. The van der Waals surface area contributed by atoms with Crippen LogP contribution in [0.2, 0.25) is 0 Å². The minimum atomic E-state index is -0.710. The second-order valence-corrected chi connectivity index (χ2v) is 8.22. The number of nitro benzene ring substituents is 1. The number of imide groups is 1. The quantitative estimate of drug-likeness (QED) is 0.175. The maximum absolute atomic E-state index is 12.8. The van der Waals surface area contributed by atoms with E-state index >= 15 is 0 Å². The number of amides is 4. The lowest BCUT2D eigenvalue weighted by molar-refractivity contribution is -0.384. The zero-order valence-corrected chi connectivity index (χ0v) is 18.4. The van der Waals surface area contributed by atoms with Crippen LogP contribution in [0.5, 0.6) is 0 Å². The standard InChI is InChI=1S/C23H21N5O7/c29-20-8-7-19(22(31)25-20)27-12-15-9-14(3-6-17(15)23(27)32)11-24-21(30)18(26-33)10-13-1-4-16(5-2-13)28(34)35/h1-6,9,19,33H,7-8,10-12H2,(H,24,30)(H,25,29,31)/b26-18+. The van der Waals surface area contributed by atoms with E-state index in [1.54, 1.807) is 18.2 Å². The maximum atomic E-state index is 12.8. The van der Waals surface area contributed by atoms with Crippen LogP contribution in [0.4, 0.5) is 5.69 Å². The molecule has 1 saturated heterocycles. The summed E-state index contributed by atoms with van der Waals surface area (Å²) in [4.78, 5) is 60.5. The lowest BCUT2D eigenvalue weighted by Crippen LogP contribution is -2.52. The van der Waals surface area contributed by atoms with Crippen molar-refractivity contribution in [2.45, 2.75) is 38.4 Å². The van der Waals surface area contributed by atoms with Crippen molar-refractivity contribution in [2.75, 3.05) is 0 Å². The molecule has 1 unspecified atom stereocenters. The smallest absolute Gasteiger partial charge is 0.269 e. The highest BCUT2D eigenvalue weighted by Crippen LogP contribution is 2.28. The van der Waals surface area contributed by atoms with Gasteiger partial charge in [0.2, 0.25) is 11.8 Å². The van der Waals surface area contributed by atoms with Gasteiger partial charge in [-0.2, -0.15) is 0 Å². The number of piperidine rings is 1. The average Bonchev–Trinajstić information content (AvgIpc) is 3.16. The number of non-ortho nitro benzene ring substituents is 1. The number of hydrogen-bond donors (Lipinski definition) is 3. The van der Waals surface area contributed by atoms with E-state index in [0.29, 0.717) is 22.3 Å². The molecule has 0 radical (unpaired) electrons. The average molecular weight is 479 g/mol. The third kappa shape index (κ3) is 5.00. The van der Waals surface area contributed by atoms with Gasteiger partial charge in [0.05, 0.1) is 4.92 Å². The largest absolute Gasteiger partial charge is 0.410 e. The maximum Gasteiger partial charge on any atom is 0.269 e. The van der Waals surface area contributed by atoms with Crippen molar-refractivity contribution in [1.29, 1.82) is 0 Å². The number of nitrogens with zero attached hydrogens (tertiary/aromatic N) is 3. The van der Waals surface area contributed by atoms with Crippen LogP contribution in [-0.4, -0.2) is 50.4 Å². The summed E-state index contributed by atoms with van der Waals surface area (Å²) in [5.41, 5.74) is 2.16. The normalized spacial score (nSPS) is 17.7. The fourth-order valence-corrected chi connectivity index (χ4v) is 4.11. The third-order valence-electron chi connectivity index (χ3n) is 5.94. The van der Waals surface area contributed by atoms with E-state index in [0.717, 1.165) is 0 Å². The van der Waals surface area contributed by atoms with Crippen molar-refractivity contribution in [3.8, 4) is 0 Å². The van der Waals surface area contributed by atoms with Gasteiger partial charge in [-0.15, -0.1) is 0 Å². The van der Waals surface area contributed by atoms with E-state index in [9.17, 15) is 34.5 Å². The van der Waals surface area contributed by atoms with E-state index in [1.165, 1.54) is 29.2 Å². The van der Waals surface area contributed by atoms with Crippen molar-refractivity contribution >= 4 is 35.0 Å². The van der Waals surface area contributed by atoms with E-state index in [2.05, 4.69) is 15.8 Å². The summed E-state index contributed by atoms with van der Waals surface area (Å²) in [6, 6.07) is 9.90. The van der Waals surface area contributed by atoms with Crippen LogP contribution >= 0.6 is 0 Å². The molecular weight excluding hydrogens is 458 g/mol. The SMILES string of the molecule is O=C1CCC(N2Cc3cc(CNC(=O)/C(Cc4ccc([N+](=O)[O-])cc4)=N/O)ccc3C2=O)C(=O)N1. The first kappa shape index (κ1) is 23.5. The van der Waals surface area contributed by atoms with Crippen LogP contribution in [0.1, 0.15) is 39.9 Å². The van der Waals surface area contributed by atoms with Gasteiger partial charge in [0.15, 0.2) is 0 Å². The van der Waals surface area contributed by atoms with E-state index < -0.39 is 22.8 Å². The molecule has 0 spiro atoms. The number of carbonyl (C=O) groups is 4. The van der Waals surface area contributed by atoms with Gasteiger partial charge in [0, 0.05) is 43.6 Å². The van der Waals surface area contributed by atoms with Crippen molar-refractivity contribution in [2.24, 2.45) is 5.16 Å². The van der Waals surface area contributed by atoms with Crippen molar-refractivity contribution in [3.05, 3.63) is 74.8 Å². The number of oxime groups is 1. The van der Waals surface area contributed by atoms with E-state index in [4.69, 9.17) is 0 Å². The molecular formula is C23H21N5O7. The molecule has 1 fully saturated rings. The molecule has 12 heteroatoms. The number of fused-ring (bicyclic) bond motifs is 1. The molecule has 0 aromatic heterocycles. The Bertz CT molecular complexity index is 1260. The van der Waals surface area contributed by atoms with Crippen molar-refractivity contribution in [1.82, 2.24) is 15.5 Å². The van der Waals surface area contributed by atoms with Crippen LogP contribution < -0.4 is 10.6 Å². The molecule has 180 valence electrons. The molecule has 2 heterocycles. The highest BCUT2D eigenvalue weighted by molar-refractivity contribution is 6.39. The van der Waals surface area contributed by atoms with Crippen LogP contribution in [0, 0.1) is 10.1 Å². The summed E-state index contributed by atoms with van der Waals surface area (Å²) in [5.74, 6) is -1.75. The van der Waals surface area contributed by atoms with Gasteiger partial charge in [0.25, 0.3) is 17.5 Å². The Kier molecular flexibility index (Phi) is 6.53. The Morgan fingerprint density at radius 2 is 1.89 bits per heavy atom. The minimum absolute atomic E-state index is 0.0278. The highest BCUT2D eigenvalue weighted by atomic mass is 16.6. The molecule has 0 bridgehead atoms. The van der Waals surface area contributed by atoms with Crippen LogP contribution in [-0.2, 0) is 33.9 Å². The first-order valence-electron chi connectivity index (χ1n) is 10.8. The van der Waals surface area contributed by atoms with Crippen molar-refractivity contribution < 1.29 is 29.3 Å². The van der Waals surface area contributed by atoms with Crippen LogP contribution in [0.3, 0.4) is 0 Å². The lowest BCUT2D eigenvalue weighted by atomic mass is 10.0. The molecule has 35 heavy (non-hydrogen) atoms. The van der Waals surface area contributed by atoms with Gasteiger partial charge >= 0.3 is 0 Å². The number of carbonyl (C=O) groups excluding carboxylic acids is 4. The summed E-state index contributed by atoms with van der Waals surface area (Å²) in [6.45, 7) is 0.309. The second kappa shape index (κ2) is 9.71. The molecule has 4 rings (SSSR count). The number of rotatable bonds is 7. The second-order valence-electron chi connectivity index (χ2n) is 8.22. The number of nitro groups is 1.